The molecule has 234 valence electrons. The van der Waals surface area contributed by atoms with Crippen molar-refractivity contribution in [3.8, 4) is 0 Å². The number of rotatable bonds is 10. The van der Waals surface area contributed by atoms with E-state index in [-0.39, 0.29) is 18.2 Å². The van der Waals surface area contributed by atoms with Crippen LogP contribution >= 0.6 is 0 Å². The van der Waals surface area contributed by atoms with Gasteiger partial charge in [0.15, 0.2) is 0 Å². The van der Waals surface area contributed by atoms with Crippen molar-refractivity contribution in [1.29, 1.82) is 0 Å². The second kappa shape index (κ2) is 11.9. The average Bonchev–Trinajstić information content (AvgIpc) is 3.38. The van der Waals surface area contributed by atoms with Gasteiger partial charge < -0.3 is 4.74 Å². The first kappa shape index (κ1) is 31.5. The number of ether oxygens (including phenoxy) is 1. The molecule has 44 heavy (non-hydrogen) atoms. The number of halogens is 6. The van der Waals surface area contributed by atoms with Crippen molar-refractivity contribution in [3.05, 3.63) is 123 Å². The van der Waals surface area contributed by atoms with E-state index >= 15 is 0 Å². The third kappa shape index (κ3) is 6.91. The molecule has 0 radical (unpaired) electrons. The summed E-state index contributed by atoms with van der Waals surface area (Å²) in [5.41, 5.74) is -2.33. The van der Waals surface area contributed by atoms with E-state index < -0.39 is 46.2 Å². The van der Waals surface area contributed by atoms with E-state index in [4.69, 9.17) is 4.74 Å². The highest BCUT2D eigenvalue weighted by Crippen LogP contribution is 2.54. The van der Waals surface area contributed by atoms with Gasteiger partial charge in [-0.05, 0) is 61.6 Å². The lowest BCUT2D eigenvalue weighted by atomic mass is 9.54. The smallest absolute Gasteiger partial charge is 0.373 e. The molecule has 0 bridgehead atoms. The zero-order valence-electron chi connectivity index (χ0n) is 24.1. The van der Waals surface area contributed by atoms with Gasteiger partial charge in [0.05, 0.1) is 30.4 Å². The fourth-order valence-electron chi connectivity index (χ4n) is 6.21. The highest BCUT2D eigenvalue weighted by molar-refractivity contribution is 5.36. The summed E-state index contributed by atoms with van der Waals surface area (Å²) in [5.74, 6) is 0.472. The number of hydrogen-bond acceptors (Lipinski definition) is 4. The molecule has 1 atom stereocenters. The van der Waals surface area contributed by atoms with Crippen molar-refractivity contribution < 1.29 is 31.1 Å². The molecule has 2 N–H and O–H groups in total. The molecule has 1 fully saturated rings. The minimum Gasteiger partial charge on any atom is -0.373 e. The van der Waals surface area contributed by atoms with Crippen molar-refractivity contribution >= 4 is 0 Å². The lowest BCUT2D eigenvalue weighted by molar-refractivity contribution is -0.143. The van der Waals surface area contributed by atoms with E-state index in [1.807, 2.05) is 60.7 Å². The molecule has 0 spiro atoms. The summed E-state index contributed by atoms with van der Waals surface area (Å²) in [6, 6.07) is 20.9. The van der Waals surface area contributed by atoms with E-state index in [0.29, 0.717) is 43.9 Å². The molecule has 0 saturated heterocycles. The number of aromatic amines is 2. The predicted octanol–water partition coefficient (Wildman–Crippen LogP) is 7.41. The molecule has 1 aliphatic rings. The molecular formula is C32H32F6N4O2. The van der Waals surface area contributed by atoms with Crippen molar-refractivity contribution in [1.82, 2.24) is 20.1 Å². The maximum atomic E-state index is 13.5. The number of benzene rings is 3. The van der Waals surface area contributed by atoms with Crippen LogP contribution in [0.5, 0.6) is 0 Å². The van der Waals surface area contributed by atoms with Crippen molar-refractivity contribution in [2.45, 2.75) is 69.2 Å². The van der Waals surface area contributed by atoms with Crippen LogP contribution in [-0.4, -0.2) is 32.2 Å². The molecule has 3 aromatic carbocycles. The Labute approximate surface area is 250 Å². The van der Waals surface area contributed by atoms with Crippen LogP contribution < -0.4 is 5.69 Å². The summed E-state index contributed by atoms with van der Waals surface area (Å²) in [4.78, 5) is 16.7. The van der Waals surface area contributed by atoms with Crippen molar-refractivity contribution in [2.24, 2.45) is 0 Å². The average molecular weight is 619 g/mol. The monoisotopic (exact) mass is 618 g/mol. The fraction of sp³-hybridized carbons (Fsp3) is 0.375. The molecule has 0 aliphatic heterocycles. The van der Waals surface area contributed by atoms with Gasteiger partial charge in [-0.1, -0.05) is 60.7 Å². The van der Waals surface area contributed by atoms with Gasteiger partial charge in [-0.3, -0.25) is 9.88 Å². The molecule has 1 unspecified atom stereocenters. The minimum atomic E-state index is -4.95. The van der Waals surface area contributed by atoms with E-state index in [2.05, 4.69) is 27.0 Å². The number of nitrogens with zero attached hydrogens (tertiary/aromatic N) is 2. The Hall–Kier alpha value is -3.90. The summed E-state index contributed by atoms with van der Waals surface area (Å²) in [6.07, 6.45) is -9.78. The number of aromatic nitrogens is 3. The van der Waals surface area contributed by atoms with E-state index in [1.165, 1.54) is 6.92 Å². The second-order valence-electron chi connectivity index (χ2n) is 11.8. The van der Waals surface area contributed by atoms with Gasteiger partial charge in [0.1, 0.15) is 5.82 Å². The quantitative estimate of drug-likeness (QED) is 0.182. The maximum absolute atomic E-state index is 13.5. The Morgan fingerprint density at radius 2 is 1.45 bits per heavy atom. The molecule has 1 heterocycles. The molecular weight excluding hydrogens is 586 g/mol. The molecule has 5 rings (SSSR count). The molecule has 4 aromatic rings. The minimum absolute atomic E-state index is 0.0732. The van der Waals surface area contributed by atoms with Gasteiger partial charge in [0.2, 0.25) is 0 Å². The van der Waals surface area contributed by atoms with Gasteiger partial charge in [-0.15, -0.1) is 0 Å². The second-order valence-corrected chi connectivity index (χ2v) is 11.8. The largest absolute Gasteiger partial charge is 0.416 e. The van der Waals surface area contributed by atoms with Crippen LogP contribution in [0.15, 0.2) is 83.7 Å². The Kier molecular flexibility index (Phi) is 8.52. The van der Waals surface area contributed by atoms with Crippen LogP contribution in [0.1, 0.15) is 66.4 Å². The van der Waals surface area contributed by atoms with Gasteiger partial charge in [-0.25, -0.2) is 9.89 Å². The lowest BCUT2D eigenvalue weighted by Gasteiger charge is -2.59. The van der Waals surface area contributed by atoms with Gasteiger partial charge in [0, 0.05) is 17.5 Å². The SMILES string of the molecule is CC(OCC1(c2ccccc2)CC(C)(N(Cc2ccccc2)Cc2n[nH]c(=O)[nH]2)C1)c1cc(C(F)(F)F)cc(C(F)(F)F)c1. The topological polar surface area (TPSA) is 74.0 Å². The van der Waals surface area contributed by atoms with E-state index in [0.717, 1.165) is 11.1 Å². The van der Waals surface area contributed by atoms with E-state index in [9.17, 15) is 31.1 Å². The summed E-state index contributed by atoms with van der Waals surface area (Å²) in [6.45, 7) is 4.52. The maximum Gasteiger partial charge on any atom is 0.416 e. The molecule has 1 aliphatic carbocycles. The van der Waals surface area contributed by atoms with Crippen LogP contribution in [0.3, 0.4) is 0 Å². The molecule has 1 saturated carbocycles. The summed E-state index contributed by atoms with van der Waals surface area (Å²) in [5, 5.41) is 6.48. The zero-order valence-corrected chi connectivity index (χ0v) is 24.1. The molecule has 12 heteroatoms. The number of alkyl halides is 6. The first-order valence-corrected chi connectivity index (χ1v) is 14.1. The third-order valence-corrected chi connectivity index (χ3v) is 8.38. The van der Waals surface area contributed by atoms with Crippen molar-refractivity contribution in [2.75, 3.05) is 6.61 Å². The van der Waals surface area contributed by atoms with Crippen molar-refractivity contribution in [3.63, 3.8) is 0 Å². The summed E-state index contributed by atoms with van der Waals surface area (Å²) >= 11 is 0. The first-order valence-electron chi connectivity index (χ1n) is 14.1. The zero-order chi connectivity index (χ0) is 31.8. The van der Waals surface area contributed by atoms with Gasteiger partial charge in [0.25, 0.3) is 0 Å². The Bertz CT molecular complexity index is 1580. The molecule has 1 aromatic heterocycles. The Morgan fingerprint density at radius 1 is 0.886 bits per heavy atom. The number of H-pyrrole nitrogens is 2. The van der Waals surface area contributed by atoms with Crippen LogP contribution in [0.4, 0.5) is 26.3 Å². The Balaban J connectivity index is 1.42. The normalized spacial score (nSPS) is 21.3. The van der Waals surface area contributed by atoms with Gasteiger partial charge in [-0.2, -0.15) is 31.4 Å². The van der Waals surface area contributed by atoms with E-state index in [1.54, 1.807) is 0 Å². The van der Waals surface area contributed by atoms with Crippen LogP contribution in [0.25, 0.3) is 0 Å². The first-order chi connectivity index (χ1) is 20.7. The van der Waals surface area contributed by atoms with Crippen LogP contribution in [0.2, 0.25) is 0 Å². The Morgan fingerprint density at radius 3 is 1.98 bits per heavy atom. The highest BCUT2D eigenvalue weighted by atomic mass is 19.4. The van der Waals surface area contributed by atoms with Crippen LogP contribution in [-0.2, 0) is 35.6 Å². The number of hydrogen-bond donors (Lipinski definition) is 2. The standard InChI is InChI=1S/C32H32F6N4O2/c1-21(23-13-25(31(33,34)35)15-26(14-23)32(36,37)38)44-20-30(24-11-7-4-8-12-24)18-29(2,19-30)42(16-22-9-5-3-6-10-22)17-27-39-28(43)41-40-27/h3-15,21H,16-20H2,1-2H3,(H2,39,40,41,43). The summed E-state index contributed by atoms with van der Waals surface area (Å²) in [7, 11) is 0. The third-order valence-electron chi connectivity index (χ3n) is 8.38. The summed E-state index contributed by atoms with van der Waals surface area (Å²) < 4.78 is 87.1. The fourth-order valence-corrected chi connectivity index (χ4v) is 6.21. The van der Waals surface area contributed by atoms with Gasteiger partial charge >= 0.3 is 18.0 Å². The predicted molar refractivity (Wildman–Crippen MR) is 151 cm³/mol. The lowest BCUT2D eigenvalue weighted by Crippen LogP contribution is -2.63. The molecule has 6 nitrogen and oxygen atoms in total. The number of nitrogens with one attached hydrogen (secondary N) is 2. The highest BCUT2D eigenvalue weighted by Gasteiger charge is 2.55. The van der Waals surface area contributed by atoms with Crippen LogP contribution in [0, 0.1) is 0 Å². The molecule has 0 amide bonds.